The van der Waals surface area contributed by atoms with Crippen molar-refractivity contribution in [2.24, 2.45) is 0 Å². The Labute approximate surface area is 120 Å². The van der Waals surface area contributed by atoms with Crippen molar-refractivity contribution in [1.29, 1.82) is 0 Å². The lowest BCUT2D eigenvalue weighted by Crippen LogP contribution is -2.13. The molecule has 110 valence electrons. The molecule has 0 saturated heterocycles. The molecule has 1 aromatic heterocycles. The van der Waals surface area contributed by atoms with Crippen molar-refractivity contribution in [2.75, 3.05) is 11.8 Å². The molecule has 9 heteroatoms. The molecule has 1 aromatic carbocycles. The number of nitrogens with zero attached hydrogens (tertiary/aromatic N) is 2. The fourth-order valence-corrected chi connectivity index (χ4v) is 2.57. The van der Waals surface area contributed by atoms with Crippen molar-refractivity contribution in [2.45, 2.75) is 4.90 Å². The van der Waals surface area contributed by atoms with Crippen LogP contribution in [-0.2, 0) is 10.0 Å². The first kappa shape index (κ1) is 14.7. The lowest BCUT2D eigenvalue weighted by atomic mass is 10.3. The lowest BCUT2D eigenvalue weighted by Gasteiger charge is -2.08. The van der Waals surface area contributed by atoms with Crippen LogP contribution in [0.4, 0.5) is 11.4 Å². The predicted octanol–water partition coefficient (Wildman–Crippen LogP) is 1.80. The molecule has 0 aliphatic rings. The number of benzene rings is 1. The molecule has 0 saturated carbocycles. The fraction of sp³-hybridized carbons (Fsp3) is 0.0833. The van der Waals surface area contributed by atoms with Crippen LogP contribution in [0.2, 0.25) is 0 Å². The summed E-state index contributed by atoms with van der Waals surface area (Å²) >= 11 is 0. The third kappa shape index (κ3) is 3.45. The summed E-state index contributed by atoms with van der Waals surface area (Å²) in [6.07, 6.45) is 1.31. The molecule has 0 aliphatic carbocycles. The summed E-state index contributed by atoms with van der Waals surface area (Å²) in [6.45, 7) is 0. The monoisotopic (exact) mass is 309 g/mol. The number of rotatable bonds is 5. The van der Waals surface area contributed by atoms with Crippen molar-refractivity contribution in [3.8, 4) is 5.88 Å². The van der Waals surface area contributed by atoms with Gasteiger partial charge in [0.15, 0.2) is 0 Å². The summed E-state index contributed by atoms with van der Waals surface area (Å²) in [4.78, 5) is 13.7. The van der Waals surface area contributed by atoms with Gasteiger partial charge in [0.2, 0.25) is 5.88 Å². The van der Waals surface area contributed by atoms with Crippen LogP contribution in [0.25, 0.3) is 0 Å². The summed E-state index contributed by atoms with van der Waals surface area (Å²) in [5.41, 5.74) is 0.0780. The van der Waals surface area contributed by atoms with Crippen molar-refractivity contribution < 1.29 is 18.1 Å². The quantitative estimate of drug-likeness (QED) is 0.666. The number of hydrogen-bond acceptors (Lipinski definition) is 6. The van der Waals surface area contributed by atoms with E-state index in [9.17, 15) is 18.5 Å². The fourth-order valence-electron chi connectivity index (χ4n) is 1.52. The number of nitro benzene ring substituents is 1. The highest BCUT2D eigenvalue weighted by molar-refractivity contribution is 7.92. The van der Waals surface area contributed by atoms with Crippen LogP contribution < -0.4 is 9.46 Å². The van der Waals surface area contributed by atoms with E-state index in [1.165, 1.54) is 25.4 Å². The molecule has 0 amide bonds. The van der Waals surface area contributed by atoms with E-state index in [0.29, 0.717) is 5.88 Å². The highest BCUT2D eigenvalue weighted by atomic mass is 32.2. The Balaban J connectivity index is 2.22. The summed E-state index contributed by atoms with van der Waals surface area (Å²) in [7, 11) is -2.38. The first-order valence-electron chi connectivity index (χ1n) is 5.70. The highest BCUT2D eigenvalue weighted by Gasteiger charge is 2.16. The number of aromatic nitrogens is 1. The minimum absolute atomic E-state index is 0.0797. The zero-order valence-corrected chi connectivity index (χ0v) is 11.7. The molecule has 0 radical (unpaired) electrons. The smallest absolute Gasteiger partial charge is 0.269 e. The van der Waals surface area contributed by atoms with Crippen LogP contribution in [-0.4, -0.2) is 25.4 Å². The van der Waals surface area contributed by atoms with Crippen molar-refractivity contribution >= 4 is 21.4 Å². The zero-order chi connectivity index (χ0) is 15.5. The molecule has 0 unspecified atom stereocenters. The molecule has 1 heterocycles. The Hall–Kier alpha value is -2.68. The first-order valence-corrected chi connectivity index (χ1v) is 7.18. The van der Waals surface area contributed by atoms with E-state index in [4.69, 9.17) is 4.74 Å². The Bertz CT molecular complexity index is 741. The average Bonchev–Trinajstić information content (AvgIpc) is 2.48. The molecule has 21 heavy (non-hydrogen) atoms. The maximum Gasteiger partial charge on any atom is 0.269 e. The maximum absolute atomic E-state index is 12.1. The van der Waals surface area contributed by atoms with E-state index < -0.39 is 14.9 Å². The second-order valence-corrected chi connectivity index (χ2v) is 5.63. The van der Waals surface area contributed by atoms with Crippen LogP contribution in [0.3, 0.4) is 0 Å². The van der Waals surface area contributed by atoms with Gasteiger partial charge in [-0.2, -0.15) is 0 Å². The van der Waals surface area contributed by atoms with E-state index in [2.05, 4.69) is 9.71 Å². The van der Waals surface area contributed by atoms with Crippen LogP contribution in [0.1, 0.15) is 0 Å². The Morgan fingerprint density at radius 1 is 1.19 bits per heavy atom. The number of anilines is 1. The molecule has 2 aromatic rings. The third-order valence-electron chi connectivity index (χ3n) is 2.56. The number of ether oxygens (including phenoxy) is 1. The van der Waals surface area contributed by atoms with E-state index >= 15 is 0 Å². The average molecular weight is 309 g/mol. The van der Waals surface area contributed by atoms with Gasteiger partial charge < -0.3 is 4.74 Å². The van der Waals surface area contributed by atoms with Crippen LogP contribution >= 0.6 is 0 Å². The molecule has 1 N–H and O–H groups in total. The van der Waals surface area contributed by atoms with E-state index in [0.717, 1.165) is 24.3 Å². The minimum Gasteiger partial charge on any atom is -0.481 e. The van der Waals surface area contributed by atoms with Gasteiger partial charge in [-0.05, 0) is 18.2 Å². The molecule has 2 rings (SSSR count). The van der Waals surface area contributed by atoms with E-state index in [-0.39, 0.29) is 16.3 Å². The van der Waals surface area contributed by atoms with E-state index in [1.54, 1.807) is 0 Å². The van der Waals surface area contributed by atoms with Crippen LogP contribution in [0, 0.1) is 10.1 Å². The van der Waals surface area contributed by atoms with Gasteiger partial charge in [-0.1, -0.05) is 0 Å². The molecule has 8 nitrogen and oxygen atoms in total. The molecule has 0 fully saturated rings. The zero-order valence-electron chi connectivity index (χ0n) is 10.9. The van der Waals surface area contributed by atoms with E-state index in [1.807, 2.05) is 0 Å². The van der Waals surface area contributed by atoms with Crippen LogP contribution in [0.5, 0.6) is 5.88 Å². The molecule has 0 bridgehead atoms. The van der Waals surface area contributed by atoms with Gasteiger partial charge in [0.05, 0.1) is 28.8 Å². The number of sulfonamides is 1. The summed E-state index contributed by atoms with van der Waals surface area (Å²) < 4.78 is 31.4. The predicted molar refractivity (Wildman–Crippen MR) is 74.7 cm³/mol. The number of nitro groups is 1. The van der Waals surface area contributed by atoms with Crippen LogP contribution in [0.15, 0.2) is 47.5 Å². The Morgan fingerprint density at radius 3 is 2.33 bits per heavy atom. The van der Waals surface area contributed by atoms with Gasteiger partial charge >= 0.3 is 0 Å². The highest BCUT2D eigenvalue weighted by Crippen LogP contribution is 2.19. The molecular weight excluding hydrogens is 298 g/mol. The summed E-state index contributed by atoms with van der Waals surface area (Å²) in [6, 6.07) is 7.58. The number of nitrogens with one attached hydrogen (secondary N) is 1. The minimum atomic E-state index is -3.83. The van der Waals surface area contributed by atoms with Crippen molar-refractivity contribution in [3.05, 3.63) is 52.7 Å². The van der Waals surface area contributed by atoms with Gasteiger partial charge in [0.1, 0.15) is 0 Å². The SMILES string of the molecule is COc1ccc(NS(=O)(=O)c2ccc([N+](=O)[O-])cc2)cn1. The summed E-state index contributed by atoms with van der Waals surface area (Å²) in [5, 5.41) is 10.5. The first-order chi connectivity index (χ1) is 9.92. The second-order valence-electron chi connectivity index (χ2n) is 3.95. The summed E-state index contributed by atoms with van der Waals surface area (Å²) in [5.74, 6) is 0.355. The number of non-ortho nitro benzene ring substituents is 1. The lowest BCUT2D eigenvalue weighted by molar-refractivity contribution is -0.384. The van der Waals surface area contributed by atoms with Crippen molar-refractivity contribution in [1.82, 2.24) is 4.98 Å². The van der Waals surface area contributed by atoms with Gasteiger partial charge in [0, 0.05) is 18.2 Å². The Kier molecular flexibility index (Phi) is 4.03. The number of hydrogen-bond donors (Lipinski definition) is 1. The normalized spacial score (nSPS) is 10.9. The molecule has 0 aliphatic heterocycles. The molecule has 0 spiro atoms. The second kappa shape index (κ2) is 5.75. The van der Waals surface area contributed by atoms with Gasteiger partial charge in [-0.15, -0.1) is 0 Å². The van der Waals surface area contributed by atoms with Crippen molar-refractivity contribution in [3.63, 3.8) is 0 Å². The third-order valence-corrected chi connectivity index (χ3v) is 3.95. The maximum atomic E-state index is 12.1. The van der Waals surface area contributed by atoms with Gasteiger partial charge in [0.25, 0.3) is 15.7 Å². The Morgan fingerprint density at radius 2 is 1.86 bits per heavy atom. The van der Waals surface area contributed by atoms with Gasteiger partial charge in [-0.25, -0.2) is 13.4 Å². The number of methoxy groups -OCH3 is 1. The topological polar surface area (TPSA) is 111 Å². The van der Waals surface area contributed by atoms with Gasteiger partial charge in [-0.3, -0.25) is 14.8 Å². The molecule has 0 atom stereocenters. The largest absolute Gasteiger partial charge is 0.481 e. The standard InChI is InChI=1S/C12H11N3O5S/c1-20-12-7-2-9(8-13-12)14-21(18,19)11-5-3-10(4-6-11)15(16)17/h2-8,14H,1H3. The number of pyridine rings is 1. The molecular formula is C12H11N3O5S.